The summed E-state index contributed by atoms with van der Waals surface area (Å²) < 4.78 is 17.2. The standard InChI is InChI=1S/C45H83NO6/c1-5-7-15-24-38(25-16-8-6-2)33-35-50-43(47)30-19-13-9-11-17-27-41(52-45(49)32-23-34-46(3)4)28-18-12-10-14-20-31-44(48)51-37-40-36-39-26-21-22-29-42(39)40/h38-42H,5-37H2,1-4H3/t39-,40-,41?,42-/m1/s1. The van der Waals surface area contributed by atoms with Gasteiger partial charge in [-0.2, -0.15) is 0 Å². The van der Waals surface area contributed by atoms with Gasteiger partial charge in [0.25, 0.3) is 0 Å². The molecule has 2 fully saturated rings. The molecule has 7 heteroatoms. The van der Waals surface area contributed by atoms with Gasteiger partial charge in [-0.15, -0.1) is 0 Å². The highest BCUT2D eigenvalue weighted by Crippen LogP contribution is 2.49. The molecule has 0 amide bonds. The normalized spacial score (nSPS) is 18.9. The topological polar surface area (TPSA) is 82.1 Å². The van der Waals surface area contributed by atoms with Gasteiger partial charge in [0, 0.05) is 19.3 Å². The van der Waals surface area contributed by atoms with Crippen molar-refractivity contribution in [2.45, 2.75) is 213 Å². The van der Waals surface area contributed by atoms with Gasteiger partial charge in [0.05, 0.1) is 13.2 Å². The van der Waals surface area contributed by atoms with Crippen LogP contribution in [-0.2, 0) is 28.6 Å². The smallest absolute Gasteiger partial charge is 0.306 e. The second kappa shape index (κ2) is 30.7. The fraction of sp³-hybridized carbons (Fsp3) is 0.933. The number of carbonyl (C=O) groups is 3. The Morgan fingerprint density at radius 1 is 0.596 bits per heavy atom. The molecule has 2 rings (SSSR count). The van der Waals surface area contributed by atoms with Crippen molar-refractivity contribution in [2.24, 2.45) is 23.7 Å². The van der Waals surface area contributed by atoms with Crippen molar-refractivity contribution in [2.75, 3.05) is 33.9 Å². The van der Waals surface area contributed by atoms with Crippen LogP contribution in [0, 0.1) is 23.7 Å². The molecule has 1 unspecified atom stereocenters. The minimum Gasteiger partial charge on any atom is -0.466 e. The fourth-order valence-electron chi connectivity index (χ4n) is 8.58. The zero-order chi connectivity index (χ0) is 37.7. The molecule has 7 nitrogen and oxygen atoms in total. The van der Waals surface area contributed by atoms with Crippen LogP contribution in [0.4, 0.5) is 0 Å². The second-order valence-corrected chi connectivity index (χ2v) is 16.9. The summed E-state index contributed by atoms with van der Waals surface area (Å²) in [4.78, 5) is 39.3. The summed E-state index contributed by atoms with van der Waals surface area (Å²) in [5.74, 6) is 2.91. The van der Waals surface area contributed by atoms with Gasteiger partial charge in [0.15, 0.2) is 0 Å². The van der Waals surface area contributed by atoms with Gasteiger partial charge in [-0.05, 0) is 109 Å². The minimum absolute atomic E-state index is 0.0140. The molecule has 0 aromatic heterocycles. The highest BCUT2D eigenvalue weighted by Gasteiger charge is 2.42. The van der Waals surface area contributed by atoms with Gasteiger partial charge in [-0.25, -0.2) is 0 Å². The molecule has 0 aromatic rings. The van der Waals surface area contributed by atoms with Crippen molar-refractivity contribution in [1.82, 2.24) is 4.90 Å². The first kappa shape index (κ1) is 46.5. The van der Waals surface area contributed by atoms with E-state index in [0.717, 1.165) is 108 Å². The number of unbranched alkanes of at least 4 members (excludes halogenated alkanes) is 12. The Hall–Kier alpha value is -1.63. The predicted octanol–water partition coefficient (Wildman–Crippen LogP) is 11.8. The molecule has 0 saturated heterocycles. The van der Waals surface area contributed by atoms with E-state index in [-0.39, 0.29) is 24.0 Å². The third kappa shape index (κ3) is 23.2. The number of esters is 3. The van der Waals surface area contributed by atoms with E-state index in [1.165, 1.54) is 83.5 Å². The van der Waals surface area contributed by atoms with E-state index >= 15 is 0 Å². The van der Waals surface area contributed by atoms with Crippen LogP contribution in [0.2, 0.25) is 0 Å². The van der Waals surface area contributed by atoms with Crippen LogP contribution in [0.25, 0.3) is 0 Å². The molecule has 0 N–H and O–H groups in total. The molecule has 2 saturated carbocycles. The Labute approximate surface area is 320 Å². The number of hydrogen-bond donors (Lipinski definition) is 0. The second-order valence-electron chi connectivity index (χ2n) is 16.9. The van der Waals surface area contributed by atoms with Gasteiger partial charge in [0.2, 0.25) is 0 Å². The molecule has 52 heavy (non-hydrogen) atoms. The number of carbonyl (C=O) groups excluding carboxylic acids is 3. The van der Waals surface area contributed by atoms with Gasteiger partial charge in [0.1, 0.15) is 6.10 Å². The van der Waals surface area contributed by atoms with Crippen LogP contribution in [-0.4, -0.2) is 62.8 Å². The molecule has 0 aliphatic heterocycles. The molecule has 0 spiro atoms. The third-order valence-corrected chi connectivity index (χ3v) is 12.0. The summed E-state index contributed by atoms with van der Waals surface area (Å²) in [6.07, 6.45) is 32.5. The fourth-order valence-corrected chi connectivity index (χ4v) is 8.58. The lowest BCUT2D eigenvalue weighted by Gasteiger charge is -2.47. The van der Waals surface area contributed by atoms with Gasteiger partial charge < -0.3 is 19.1 Å². The first-order valence-electron chi connectivity index (χ1n) is 22.5. The Balaban J connectivity index is 1.54. The van der Waals surface area contributed by atoms with E-state index in [9.17, 15) is 14.4 Å². The maximum absolute atomic E-state index is 12.6. The summed E-state index contributed by atoms with van der Waals surface area (Å²) in [5, 5.41) is 0. The zero-order valence-corrected chi connectivity index (χ0v) is 34.6. The number of fused-ring (bicyclic) bond motifs is 1. The minimum atomic E-state index is -0.0713. The molecule has 0 aromatic carbocycles. The summed E-state index contributed by atoms with van der Waals surface area (Å²) in [6.45, 7) is 6.62. The number of nitrogens with zero attached hydrogens (tertiary/aromatic N) is 1. The molecule has 0 heterocycles. The van der Waals surface area contributed by atoms with Crippen LogP contribution < -0.4 is 0 Å². The molecule has 4 atom stereocenters. The third-order valence-electron chi connectivity index (χ3n) is 12.0. The largest absolute Gasteiger partial charge is 0.466 e. The number of hydrogen-bond acceptors (Lipinski definition) is 7. The number of ether oxygens (including phenoxy) is 3. The van der Waals surface area contributed by atoms with Gasteiger partial charge >= 0.3 is 17.9 Å². The molecule has 2 aliphatic carbocycles. The van der Waals surface area contributed by atoms with Crippen LogP contribution in [0.5, 0.6) is 0 Å². The molecular formula is C45H83NO6. The van der Waals surface area contributed by atoms with Crippen molar-refractivity contribution in [3.8, 4) is 0 Å². The first-order chi connectivity index (χ1) is 25.3. The Morgan fingerprint density at radius 2 is 1.13 bits per heavy atom. The average Bonchev–Trinajstić information content (AvgIpc) is 3.10. The molecule has 2 aliphatic rings. The molecule has 0 radical (unpaired) electrons. The van der Waals surface area contributed by atoms with Crippen molar-refractivity contribution < 1.29 is 28.6 Å². The lowest BCUT2D eigenvalue weighted by Crippen LogP contribution is -2.41. The van der Waals surface area contributed by atoms with Crippen molar-refractivity contribution in [3.63, 3.8) is 0 Å². The predicted molar refractivity (Wildman–Crippen MR) is 214 cm³/mol. The van der Waals surface area contributed by atoms with Crippen LogP contribution in [0.3, 0.4) is 0 Å². The van der Waals surface area contributed by atoms with Crippen LogP contribution in [0.15, 0.2) is 0 Å². The summed E-state index contributed by atoms with van der Waals surface area (Å²) in [6, 6.07) is 0. The van der Waals surface area contributed by atoms with E-state index in [1.54, 1.807) is 0 Å². The van der Waals surface area contributed by atoms with Crippen LogP contribution in [0.1, 0.15) is 206 Å². The maximum Gasteiger partial charge on any atom is 0.306 e. The Morgan fingerprint density at radius 3 is 1.73 bits per heavy atom. The lowest BCUT2D eigenvalue weighted by atomic mass is 9.59. The highest BCUT2D eigenvalue weighted by atomic mass is 16.5. The number of rotatable bonds is 34. The molecule has 304 valence electrons. The average molecular weight is 734 g/mol. The van der Waals surface area contributed by atoms with E-state index in [4.69, 9.17) is 14.2 Å². The van der Waals surface area contributed by atoms with E-state index in [2.05, 4.69) is 18.7 Å². The van der Waals surface area contributed by atoms with Crippen LogP contribution >= 0.6 is 0 Å². The van der Waals surface area contributed by atoms with Gasteiger partial charge in [-0.3, -0.25) is 14.4 Å². The van der Waals surface area contributed by atoms with E-state index < -0.39 is 0 Å². The molecular weight excluding hydrogens is 650 g/mol. The summed E-state index contributed by atoms with van der Waals surface area (Å²) in [5.41, 5.74) is 0. The maximum atomic E-state index is 12.6. The van der Waals surface area contributed by atoms with Gasteiger partial charge in [-0.1, -0.05) is 123 Å². The highest BCUT2D eigenvalue weighted by molar-refractivity contribution is 5.70. The van der Waals surface area contributed by atoms with E-state index in [0.29, 0.717) is 44.3 Å². The first-order valence-corrected chi connectivity index (χ1v) is 22.5. The Bertz CT molecular complexity index is 898. The SMILES string of the molecule is CCCCCC(CCCCC)CCOC(=O)CCCCCCCC(CCCCCCCC(=O)OC[C@H]1C[C@H]2CCCC[C@H]21)OC(=O)CCCN(C)C. The van der Waals surface area contributed by atoms with Crippen molar-refractivity contribution >= 4 is 17.9 Å². The zero-order valence-electron chi connectivity index (χ0n) is 34.6. The van der Waals surface area contributed by atoms with Crippen molar-refractivity contribution in [3.05, 3.63) is 0 Å². The molecule has 0 bridgehead atoms. The summed E-state index contributed by atoms with van der Waals surface area (Å²) >= 11 is 0. The monoisotopic (exact) mass is 734 g/mol. The van der Waals surface area contributed by atoms with E-state index in [1.807, 2.05) is 14.1 Å². The lowest BCUT2D eigenvalue weighted by molar-refractivity contribution is -0.150. The summed E-state index contributed by atoms with van der Waals surface area (Å²) in [7, 11) is 4.06. The Kier molecular flexibility index (Phi) is 27.4. The van der Waals surface area contributed by atoms with Crippen molar-refractivity contribution in [1.29, 1.82) is 0 Å². The quantitative estimate of drug-likeness (QED) is 0.0370.